The standard InChI is InChI=1S/C21H30O3/c1-13-11-17-16-6-5-14-12-15(24-4)7-8-20(14,3)21(16,23)10-9-19(17,2)18(13)22/h5,12-13,16-17,23H,6-11H2,1-4H3/t13-,16+,17+,19+,20+,21-/m1/s1. The lowest BCUT2D eigenvalue weighted by Gasteiger charge is -2.60. The molecule has 24 heavy (non-hydrogen) atoms. The molecule has 4 aliphatic carbocycles. The Kier molecular flexibility index (Phi) is 3.39. The molecule has 4 rings (SSSR count). The molecule has 0 amide bonds. The van der Waals surface area contributed by atoms with Crippen molar-refractivity contribution < 1.29 is 14.6 Å². The Morgan fingerprint density at radius 2 is 1.96 bits per heavy atom. The first-order valence-corrected chi connectivity index (χ1v) is 9.48. The van der Waals surface area contributed by atoms with Gasteiger partial charge in [0, 0.05) is 23.2 Å². The molecule has 4 aliphatic rings. The summed E-state index contributed by atoms with van der Waals surface area (Å²) in [7, 11) is 1.73. The molecule has 0 aromatic rings. The third-order valence-corrected chi connectivity index (χ3v) is 8.20. The predicted molar refractivity (Wildman–Crippen MR) is 93.2 cm³/mol. The molecule has 0 spiro atoms. The predicted octanol–water partition coefficient (Wildman–Crippen LogP) is 4.02. The van der Waals surface area contributed by atoms with Crippen molar-refractivity contribution >= 4 is 5.78 Å². The van der Waals surface area contributed by atoms with Crippen molar-refractivity contribution in [1.29, 1.82) is 0 Å². The summed E-state index contributed by atoms with van der Waals surface area (Å²) in [5, 5.41) is 11.9. The number of carbonyl (C=O) groups excluding carboxylic acids is 1. The van der Waals surface area contributed by atoms with E-state index in [2.05, 4.69) is 32.9 Å². The van der Waals surface area contributed by atoms with Gasteiger partial charge in [-0.15, -0.1) is 0 Å². The number of methoxy groups -OCH3 is 1. The minimum atomic E-state index is -0.693. The minimum Gasteiger partial charge on any atom is -0.501 e. The number of rotatable bonds is 1. The molecule has 2 saturated carbocycles. The number of fused-ring (bicyclic) bond motifs is 5. The van der Waals surface area contributed by atoms with E-state index in [4.69, 9.17) is 4.74 Å². The maximum absolute atomic E-state index is 12.8. The van der Waals surface area contributed by atoms with E-state index in [-0.39, 0.29) is 22.7 Å². The van der Waals surface area contributed by atoms with Gasteiger partial charge in [0.15, 0.2) is 0 Å². The zero-order valence-electron chi connectivity index (χ0n) is 15.4. The highest BCUT2D eigenvalue weighted by Crippen LogP contribution is 2.66. The van der Waals surface area contributed by atoms with E-state index in [9.17, 15) is 9.90 Å². The third-order valence-electron chi connectivity index (χ3n) is 8.20. The molecule has 132 valence electrons. The average molecular weight is 330 g/mol. The van der Waals surface area contributed by atoms with Crippen LogP contribution in [0.1, 0.15) is 59.3 Å². The quantitative estimate of drug-likeness (QED) is 0.790. The SMILES string of the molecule is COC1=CC2=CC[C@H]3[C@@H]4C[C@@H](C)C(=O)[C@@]4(C)CC[C@]3(O)[C@@]2(C)CC1. The van der Waals surface area contributed by atoms with Crippen LogP contribution in [0.5, 0.6) is 0 Å². The number of Topliss-reactive ketones (excluding diaryl/α,β-unsaturated/α-hetero) is 1. The average Bonchev–Trinajstić information content (AvgIpc) is 2.79. The summed E-state index contributed by atoms with van der Waals surface area (Å²) in [6.07, 6.45) is 9.68. The summed E-state index contributed by atoms with van der Waals surface area (Å²) in [5.41, 5.74) is 0.112. The Hall–Kier alpha value is -1.09. The Morgan fingerprint density at radius 1 is 1.21 bits per heavy atom. The maximum atomic E-state index is 12.8. The zero-order chi connectivity index (χ0) is 17.3. The van der Waals surface area contributed by atoms with Crippen molar-refractivity contribution in [2.45, 2.75) is 64.9 Å². The largest absolute Gasteiger partial charge is 0.501 e. The Labute approximate surface area is 145 Å². The van der Waals surface area contributed by atoms with Crippen molar-refractivity contribution in [3.8, 4) is 0 Å². The van der Waals surface area contributed by atoms with E-state index in [0.29, 0.717) is 11.7 Å². The summed E-state index contributed by atoms with van der Waals surface area (Å²) in [6.45, 7) is 6.47. The number of ketones is 1. The molecule has 3 nitrogen and oxygen atoms in total. The summed E-state index contributed by atoms with van der Waals surface area (Å²) in [6, 6.07) is 0. The molecule has 6 atom stereocenters. The molecule has 1 N–H and O–H groups in total. The van der Waals surface area contributed by atoms with Crippen LogP contribution in [-0.4, -0.2) is 23.6 Å². The maximum Gasteiger partial charge on any atom is 0.141 e. The van der Waals surface area contributed by atoms with Gasteiger partial charge in [0.1, 0.15) is 5.78 Å². The van der Waals surface area contributed by atoms with Crippen molar-refractivity contribution in [2.24, 2.45) is 28.6 Å². The number of ether oxygens (including phenoxy) is 1. The fraction of sp³-hybridized carbons (Fsp3) is 0.762. The molecule has 0 radical (unpaired) electrons. The molecule has 0 unspecified atom stereocenters. The van der Waals surface area contributed by atoms with Gasteiger partial charge >= 0.3 is 0 Å². The fourth-order valence-electron chi connectivity index (χ4n) is 6.51. The highest BCUT2D eigenvalue weighted by Gasteiger charge is 2.66. The van der Waals surface area contributed by atoms with Gasteiger partial charge in [0.2, 0.25) is 0 Å². The first-order chi connectivity index (χ1) is 11.3. The lowest BCUT2D eigenvalue weighted by molar-refractivity contribution is -0.178. The molecule has 3 heteroatoms. The van der Waals surface area contributed by atoms with E-state index in [1.54, 1.807) is 7.11 Å². The summed E-state index contributed by atoms with van der Waals surface area (Å²) in [4.78, 5) is 12.8. The van der Waals surface area contributed by atoms with Gasteiger partial charge in [0.05, 0.1) is 18.5 Å². The Bertz CT molecular complexity index is 647. The van der Waals surface area contributed by atoms with Gasteiger partial charge in [-0.3, -0.25) is 4.79 Å². The van der Waals surface area contributed by atoms with Gasteiger partial charge in [0.25, 0.3) is 0 Å². The van der Waals surface area contributed by atoms with Crippen LogP contribution < -0.4 is 0 Å². The molecule has 0 aromatic heterocycles. The van der Waals surface area contributed by atoms with Crippen LogP contribution in [0.3, 0.4) is 0 Å². The lowest BCUT2D eigenvalue weighted by Crippen LogP contribution is -2.62. The zero-order valence-corrected chi connectivity index (χ0v) is 15.4. The van der Waals surface area contributed by atoms with E-state index in [0.717, 1.165) is 44.3 Å². The molecular weight excluding hydrogens is 300 g/mol. The van der Waals surface area contributed by atoms with Crippen molar-refractivity contribution in [3.05, 3.63) is 23.5 Å². The molecule has 0 bridgehead atoms. The van der Waals surface area contributed by atoms with Gasteiger partial charge in [-0.05, 0) is 55.6 Å². The second-order valence-corrected chi connectivity index (χ2v) is 9.10. The van der Waals surface area contributed by atoms with Crippen LogP contribution >= 0.6 is 0 Å². The molecule has 0 heterocycles. The molecular formula is C21H30O3. The summed E-state index contributed by atoms with van der Waals surface area (Å²) < 4.78 is 5.46. The monoisotopic (exact) mass is 330 g/mol. The van der Waals surface area contributed by atoms with Crippen LogP contribution in [0.4, 0.5) is 0 Å². The van der Waals surface area contributed by atoms with E-state index >= 15 is 0 Å². The van der Waals surface area contributed by atoms with Gasteiger partial charge < -0.3 is 9.84 Å². The lowest BCUT2D eigenvalue weighted by atomic mass is 9.46. The van der Waals surface area contributed by atoms with Crippen LogP contribution in [-0.2, 0) is 9.53 Å². The van der Waals surface area contributed by atoms with E-state index in [1.807, 2.05) is 0 Å². The van der Waals surface area contributed by atoms with Gasteiger partial charge in [-0.2, -0.15) is 0 Å². The second-order valence-electron chi connectivity index (χ2n) is 9.10. The molecule has 0 aliphatic heterocycles. The van der Waals surface area contributed by atoms with Gasteiger partial charge in [-0.1, -0.05) is 26.8 Å². The molecule has 0 aromatic carbocycles. The number of allylic oxidation sites excluding steroid dienone is 3. The smallest absolute Gasteiger partial charge is 0.141 e. The van der Waals surface area contributed by atoms with Crippen LogP contribution in [0, 0.1) is 28.6 Å². The highest BCUT2D eigenvalue weighted by atomic mass is 16.5. The molecule has 0 saturated heterocycles. The van der Waals surface area contributed by atoms with Gasteiger partial charge in [-0.25, -0.2) is 0 Å². The normalized spacial score (nSPS) is 50.4. The van der Waals surface area contributed by atoms with Crippen molar-refractivity contribution in [1.82, 2.24) is 0 Å². The first kappa shape index (κ1) is 16.4. The fourth-order valence-corrected chi connectivity index (χ4v) is 6.51. The number of hydrogen-bond acceptors (Lipinski definition) is 3. The summed E-state index contributed by atoms with van der Waals surface area (Å²) in [5.74, 6) is 2.12. The summed E-state index contributed by atoms with van der Waals surface area (Å²) >= 11 is 0. The number of aliphatic hydroxyl groups is 1. The Morgan fingerprint density at radius 3 is 2.67 bits per heavy atom. The van der Waals surface area contributed by atoms with Crippen LogP contribution in [0.25, 0.3) is 0 Å². The first-order valence-electron chi connectivity index (χ1n) is 9.48. The number of carbonyl (C=O) groups is 1. The Balaban J connectivity index is 1.78. The highest BCUT2D eigenvalue weighted by molar-refractivity contribution is 5.89. The minimum absolute atomic E-state index is 0.145. The topological polar surface area (TPSA) is 46.5 Å². The third kappa shape index (κ3) is 1.80. The van der Waals surface area contributed by atoms with Crippen LogP contribution in [0.15, 0.2) is 23.5 Å². The van der Waals surface area contributed by atoms with Crippen molar-refractivity contribution in [2.75, 3.05) is 7.11 Å². The second kappa shape index (κ2) is 4.97. The van der Waals surface area contributed by atoms with E-state index < -0.39 is 5.60 Å². The van der Waals surface area contributed by atoms with Crippen molar-refractivity contribution in [3.63, 3.8) is 0 Å². The van der Waals surface area contributed by atoms with Crippen LogP contribution in [0.2, 0.25) is 0 Å². The molecule has 2 fully saturated rings. The number of hydrogen-bond donors (Lipinski definition) is 1. The van der Waals surface area contributed by atoms with E-state index in [1.165, 1.54) is 5.57 Å².